The molecule has 0 saturated carbocycles. The second-order valence-corrected chi connectivity index (χ2v) is 6.35. The second kappa shape index (κ2) is 6.31. The van der Waals surface area contributed by atoms with Crippen LogP contribution in [-0.4, -0.2) is 22.9 Å². The summed E-state index contributed by atoms with van der Waals surface area (Å²) in [5.74, 6) is 1.74. The number of carbonyl (C=O) groups is 1. The predicted molar refractivity (Wildman–Crippen MR) is 83.5 cm³/mol. The zero-order valence-electron chi connectivity index (χ0n) is 12.5. The SMILES string of the molecule is CC(C)c1nnc(NC(=O)CCc2ccc3c(c2)OCO3)s1. The van der Waals surface area contributed by atoms with Crippen LogP contribution in [0.2, 0.25) is 0 Å². The van der Waals surface area contributed by atoms with Gasteiger partial charge in [0, 0.05) is 12.3 Å². The normalized spacial score (nSPS) is 12.7. The summed E-state index contributed by atoms with van der Waals surface area (Å²) in [6, 6.07) is 5.73. The molecular weight excluding hydrogens is 302 g/mol. The molecule has 2 aromatic rings. The second-order valence-electron chi connectivity index (χ2n) is 5.34. The number of carbonyl (C=O) groups excluding carboxylic acids is 1. The van der Waals surface area contributed by atoms with Crippen LogP contribution < -0.4 is 14.8 Å². The highest BCUT2D eigenvalue weighted by molar-refractivity contribution is 7.15. The first-order chi connectivity index (χ1) is 10.6. The molecule has 116 valence electrons. The topological polar surface area (TPSA) is 73.3 Å². The quantitative estimate of drug-likeness (QED) is 0.917. The van der Waals surface area contributed by atoms with E-state index in [9.17, 15) is 4.79 Å². The first kappa shape index (κ1) is 14.8. The maximum absolute atomic E-state index is 12.0. The lowest BCUT2D eigenvalue weighted by molar-refractivity contribution is -0.116. The molecule has 3 rings (SSSR count). The molecule has 0 radical (unpaired) electrons. The number of hydrogen-bond acceptors (Lipinski definition) is 6. The van der Waals surface area contributed by atoms with Crippen LogP contribution in [0.25, 0.3) is 0 Å². The standard InChI is InChI=1S/C15H17N3O3S/c1-9(2)14-17-18-15(22-14)16-13(19)6-4-10-3-5-11-12(7-10)21-8-20-11/h3,5,7,9H,4,6,8H2,1-2H3,(H,16,18,19). The number of rotatable bonds is 5. The Morgan fingerprint density at radius 2 is 2.14 bits per heavy atom. The molecule has 1 aliphatic heterocycles. The molecule has 6 nitrogen and oxygen atoms in total. The minimum atomic E-state index is -0.0656. The fourth-order valence-electron chi connectivity index (χ4n) is 2.05. The summed E-state index contributed by atoms with van der Waals surface area (Å²) >= 11 is 1.42. The molecule has 1 N–H and O–H groups in total. The molecule has 0 saturated heterocycles. The van der Waals surface area contributed by atoms with Gasteiger partial charge in [-0.3, -0.25) is 4.79 Å². The van der Waals surface area contributed by atoms with Crippen LogP contribution in [0.3, 0.4) is 0 Å². The van der Waals surface area contributed by atoms with Gasteiger partial charge in [0.2, 0.25) is 17.8 Å². The van der Waals surface area contributed by atoms with E-state index in [0.29, 0.717) is 23.9 Å². The molecule has 7 heteroatoms. The zero-order valence-corrected chi connectivity index (χ0v) is 13.3. The van der Waals surface area contributed by atoms with Gasteiger partial charge >= 0.3 is 0 Å². The Balaban J connectivity index is 1.53. The Labute approximate surface area is 132 Å². The van der Waals surface area contributed by atoms with Crippen LogP contribution >= 0.6 is 11.3 Å². The first-order valence-corrected chi connectivity index (χ1v) is 7.95. The minimum absolute atomic E-state index is 0.0656. The maximum atomic E-state index is 12.0. The summed E-state index contributed by atoms with van der Waals surface area (Å²) in [7, 11) is 0. The Kier molecular flexibility index (Phi) is 4.24. The van der Waals surface area contributed by atoms with Crippen molar-refractivity contribution >= 4 is 22.4 Å². The smallest absolute Gasteiger partial charge is 0.231 e. The van der Waals surface area contributed by atoms with E-state index in [1.807, 2.05) is 32.0 Å². The molecule has 0 aliphatic carbocycles. The van der Waals surface area contributed by atoms with Crippen molar-refractivity contribution in [3.05, 3.63) is 28.8 Å². The number of aromatic nitrogens is 2. The summed E-state index contributed by atoms with van der Waals surface area (Å²) in [6.45, 7) is 4.35. The Morgan fingerprint density at radius 3 is 2.91 bits per heavy atom. The van der Waals surface area contributed by atoms with E-state index in [2.05, 4.69) is 15.5 Å². The summed E-state index contributed by atoms with van der Waals surface area (Å²) in [5, 5.41) is 12.3. The van der Waals surface area contributed by atoms with Gasteiger partial charge in [0.1, 0.15) is 5.01 Å². The van der Waals surface area contributed by atoms with Crippen LogP contribution in [0.4, 0.5) is 5.13 Å². The highest BCUT2D eigenvalue weighted by atomic mass is 32.1. The van der Waals surface area contributed by atoms with E-state index in [4.69, 9.17) is 9.47 Å². The number of ether oxygens (including phenoxy) is 2. The van der Waals surface area contributed by atoms with E-state index in [-0.39, 0.29) is 12.7 Å². The molecule has 1 aliphatic rings. The summed E-state index contributed by atoms with van der Waals surface area (Å²) < 4.78 is 10.6. The predicted octanol–water partition coefficient (Wildman–Crippen LogP) is 2.96. The van der Waals surface area contributed by atoms with Crippen LogP contribution in [0.15, 0.2) is 18.2 Å². The number of amides is 1. The number of fused-ring (bicyclic) bond motifs is 1. The molecule has 2 heterocycles. The van der Waals surface area contributed by atoms with Gasteiger partial charge in [-0.2, -0.15) is 0 Å². The number of hydrogen-bond donors (Lipinski definition) is 1. The van der Waals surface area contributed by atoms with Gasteiger partial charge < -0.3 is 14.8 Å². The van der Waals surface area contributed by atoms with Crippen LogP contribution in [-0.2, 0) is 11.2 Å². The van der Waals surface area contributed by atoms with Crippen molar-refractivity contribution in [3.8, 4) is 11.5 Å². The molecule has 0 spiro atoms. The van der Waals surface area contributed by atoms with Crippen molar-refractivity contribution < 1.29 is 14.3 Å². The monoisotopic (exact) mass is 319 g/mol. The number of nitrogens with one attached hydrogen (secondary N) is 1. The molecule has 1 aromatic carbocycles. The summed E-state index contributed by atoms with van der Waals surface area (Å²) in [5.41, 5.74) is 1.04. The highest BCUT2D eigenvalue weighted by Gasteiger charge is 2.14. The van der Waals surface area contributed by atoms with Crippen molar-refractivity contribution in [2.45, 2.75) is 32.6 Å². The van der Waals surface area contributed by atoms with Crippen LogP contribution in [0.1, 0.15) is 36.8 Å². The number of aryl methyl sites for hydroxylation is 1. The number of benzene rings is 1. The lowest BCUT2D eigenvalue weighted by Gasteiger charge is -2.03. The van der Waals surface area contributed by atoms with E-state index < -0.39 is 0 Å². The third-order valence-corrected chi connectivity index (χ3v) is 4.40. The van der Waals surface area contributed by atoms with Crippen molar-refractivity contribution in [1.82, 2.24) is 10.2 Å². The molecule has 0 fully saturated rings. The molecule has 1 aromatic heterocycles. The van der Waals surface area contributed by atoms with Gasteiger partial charge in [0.25, 0.3) is 0 Å². The average Bonchev–Trinajstić information content (AvgIpc) is 3.13. The third-order valence-electron chi connectivity index (χ3n) is 3.26. The average molecular weight is 319 g/mol. The van der Waals surface area contributed by atoms with E-state index in [0.717, 1.165) is 22.1 Å². The molecule has 0 bridgehead atoms. The largest absolute Gasteiger partial charge is 0.454 e. The molecular formula is C15H17N3O3S. The van der Waals surface area contributed by atoms with Crippen molar-refractivity contribution in [1.29, 1.82) is 0 Å². The van der Waals surface area contributed by atoms with Gasteiger partial charge in [-0.1, -0.05) is 31.3 Å². The van der Waals surface area contributed by atoms with E-state index >= 15 is 0 Å². The lowest BCUT2D eigenvalue weighted by atomic mass is 10.1. The first-order valence-electron chi connectivity index (χ1n) is 7.13. The Bertz CT molecular complexity index is 684. The van der Waals surface area contributed by atoms with E-state index in [1.54, 1.807) is 0 Å². The van der Waals surface area contributed by atoms with Crippen molar-refractivity contribution in [2.75, 3.05) is 12.1 Å². The molecule has 1 amide bonds. The fourth-order valence-corrected chi connectivity index (χ4v) is 2.82. The van der Waals surface area contributed by atoms with Gasteiger partial charge in [-0.25, -0.2) is 0 Å². The maximum Gasteiger partial charge on any atom is 0.231 e. The third kappa shape index (κ3) is 3.36. The van der Waals surface area contributed by atoms with E-state index in [1.165, 1.54) is 11.3 Å². The van der Waals surface area contributed by atoms with Gasteiger partial charge in [-0.15, -0.1) is 10.2 Å². The summed E-state index contributed by atoms with van der Waals surface area (Å²) in [6.07, 6.45) is 1.02. The molecule has 22 heavy (non-hydrogen) atoms. The lowest BCUT2D eigenvalue weighted by Crippen LogP contribution is -2.12. The van der Waals surface area contributed by atoms with Crippen LogP contribution in [0, 0.1) is 0 Å². The van der Waals surface area contributed by atoms with Gasteiger partial charge in [-0.05, 0) is 24.1 Å². The molecule has 0 atom stereocenters. The molecule has 0 unspecified atom stereocenters. The number of anilines is 1. The number of nitrogens with zero attached hydrogens (tertiary/aromatic N) is 2. The van der Waals surface area contributed by atoms with Crippen LogP contribution in [0.5, 0.6) is 11.5 Å². The Morgan fingerprint density at radius 1 is 1.32 bits per heavy atom. The zero-order chi connectivity index (χ0) is 15.5. The highest BCUT2D eigenvalue weighted by Crippen LogP contribution is 2.32. The van der Waals surface area contributed by atoms with Crippen molar-refractivity contribution in [2.24, 2.45) is 0 Å². The van der Waals surface area contributed by atoms with Gasteiger partial charge in [0.15, 0.2) is 11.5 Å². The van der Waals surface area contributed by atoms with Gasteiger partial charge in [0.05, 0.1) is 0 Å². The Hall–Kier alpha value is -2.15. The minimum Gasteiger partial charge on any atom is -0.454 e. The summed E-state index contributed by atoms with van der Waals surface area (Å²) in [4.78, 5) is 12.0. The fraction of sp³-hybridized carbons (Fsp3) is 0.400. The van der Waals surface area contributed by atoms with Crippen molar-refractivity contribution in [3.63, 3.8) is 0 Å².